The Balaban J connectivity index is 2.13. The molecule has 1 aromatic heterocycles. The van der Waals surface area contributed by atoms with Gasteiger partial charge in [0.15, 0.2) is 5.84 Å². The molecule has 5 nitrogen and oxygen atoms in total. The summed E-state index contributed by atoms with van der Waals surface area (Å²) >= 11 is 0. The zero-order valence-electron chi connectivity index (χ0n) is 11.7. The third-order valence-corrected chi connectivity index (χ3v) is 3.10. The van der Waals surface area contributed by atoms with Gasteiger partial charge in [-0.3, -0.25) is 9.88 Å². The third-order valence-electron chi connectivity index (χ3n) is 3.10. The highest BCUT2D eigenvalue weighted by atomic mass is 19.1. The van der Waals surface area contributed by atoms with Crippen LogP contribution < -0.4 is 5.73 Å². The minimum Gasteiger partial charge on any atom is -0.409 e. The summed E-state index contributed by atoms with van der Waals surface area (Å²) in [6.45, 7) is 1.09. The predicted molar refractivity (Wildman–Crippen MR) is 78.3 cm³/mol. The Morgan fingerprint density at radius 1 is 1.29 bits per heavy atom. The van der Waals surface area contributed by atoms with Crippen LogP contribution in [0.25, 0.3) is 0 Å². The molecule has 0 radical (unpaired) electrons. The minimum atomic E-state index is -0.464. The molecule has 6 heteroatoms. The van der Waals surface area contributed by atoms with Crippen molar-refractivity contribution in [1.29, 1.82) is 0 Å². The van der Waals surface area contributed by atoms with Gasteiger partial charge in [0.1, 0.15) is 5.82 Å². The lowest BCUT2D eigenvalue weighted by Gasteiger charge is -2.17. The molecule has 0 aliphatic rings. The van der Waals surface area contributed by atoms with Crippen LogP contribution in [-0.4, -0.2) is 28.0 Å². The summed E-state index contributed by atoms with van der Waals surface area (Å²) in [6.07, 6.45) is 3.45. The number of benzene rings is 1. The van der Waals surface area contributed by atoms with Gasteiger partial charge in [-0.25, -0.2) is 4.39 Å². The quantitative estimate of drug-likeness (QED) is 0.382. The van der Waals surface area contributed by atoms with E-state index in [9.17, 15) is 4.39 Å². The van der Waals surface area contributed by atoms with Crippen LogP contribution in [0.2, 0.25) is 0 Å². The van der Waals surface area contributed by atoms with E-state index in [2.05, 4.69) is 10.1 Å². The van der Waals surface area contributed by atoms with Gasteiger partial charge in [0.25, 0.3) is 0 Å². The molecule has 2 rings (SSSR count). The number of hydrogen-bond donors (Lipinski definition) is 2. The van der Waals surface area contributed by atoms with E-state index < -0.39 is 5.82 Å². The first-order valence-electron chi connectivity index (χ1n) is 6.44. The van der Waals surface area contributed by atoms with Gasteiger partial charge in [-0.05, 0) is 30.8 Å². The average molecular weight is 288 g/mol. The Morgan fingerprint density at radius 2 is 2.00 bits per heavy atom. The Hall–Kier alpha value is -2.47. The minimum absolute atomic E-state index is 0.104. The molecular weight excluding hydrogens is 271 g/mol. The largest absolute Gasteiger partial charge is 0.409 e. The number of pyridine rings is 1. The van der Waals surface area contributed by atoms with Gasteiger partial charge in [-0.1, -0.05) is 17.3 Å². The van der Waals surface area contributed by atoms with E-state index in [0.717, 1.165) is 5.56 Å². The van der Waals surface area contributed by atoms with Crippen molar-refractivity contribution >= 4 is 5.84 Å². The first kappa shape index (κ1) is 14.9. The lowest BCUT2D eigenvalue weighted by atomic mass is 10.1. The molecule has 110 valence electrons. The fourth-order valence-electron chi connectivity index (χ4n) is 2.10. The van der Waals surface area contributed by atoms with E-state index in [-0.39, 0.29) is 11.4 Å². The molecule has 21 heavy (non-hydrogen) atoms. The summed E-state index contributed by atoms with van der Waals surface area (Å²) in [5.41, 5.74) is 7.16. The van der Waals surface area contributed by atoms with Crippen molar-refractivity contribution < 1.29 is 9.60 Å². The van der Waals surface area contributed by atoms with Crippen LogP contribution in [0.15, 0.2) is 47.9 Å². The number of rotatable bonds is 5. The first-order chi connectivity index (χ1) is 10.1. The Labute approximate surface area is 122 Å². The molecule has 2 aromatic rings. The molecule has 1 aromatic carbocycles. The van der Waals surface area contributed by atoms with E-state index in [4.69, 9.17) is 10.9 Å². The van der Waals surface area contributed by atoms with Gasteiger partial charge < -0.3 is 10.9 Å². The van der Waals surface area contributed by atoms with Crippen molar-refractivity contribution in [3.8, 4) is 0 Å². The molecule has 0 aliphatic heterocycles. The van der Waals surface area contributed by atoms with Crippen molar-refractivity contribution in [1.82, 2.24) is 9.88 Å². The van der Waals surface area contributed by atoms with E-state index in [1.54, 1.807) is 24.5 Å². The molecule has 0 spiro atoms. The zero-order chi connectivity index (χ0) is 15.2. The van der Waals surface area contributed by atoms with E-state index >= 15 is 0 Å². The van der Waals surface area contributed by atoms with E-state index in [1.165, 1.54) is 6.07 Å². The van der Waals surface area contributed by atoms with Crippen LogP contribution in [-0.2, 0) is 13.1 Å². The number of halogens is 1. The Kier molecular flexibility index (Phi) is 4.84. The molecule has 0 unspecified atom stereocenters. The molecule has 1 heterocycles. The van der Waals surface area contributed by atoms with Crippen LogP contribution in [0, 0.1) is 5.82 Å². The Morgan fingerprint density at radius 3 is 2.67 bits per heavy atom. The van der Waals surface area contributed by atoms with Gasteiger partial charge in [0, 0.05) is 31.0 Å². The summed E-state index contributed by atoms with van der Waals surface area (Å²) in [4.78, 5) is 5.94. The van der Waals surface area contributed by atoms with Crippen LogP contribution in [0.1, 0.15) is 16.7 Å². The molecule has 3 N–H and O–H groups in total. The highest BCUT2D eigenvalue weighted by Crippen LogP contribution is 2.15. The number of nitrogens with zero attached hydrogens (tertiary/aromatic N) is 3. The average Bonchev–Trinajstić information content (AvgIpc) is 2.49. The number of amidine groups is 1. The third kappa shape index (κ3) is 3.76. The van der Waals surface area contributed by atoms with Crippen molar-refractivity contribution in [2.45, 2.75) is 13.1 Å². The maximum atomic E-state index is 14.3. The first-order valence-corrected chi connectivity index (χ1v) is 6.44. The van der Waals surface area contributed by atoms with Crippen molar-refractivity contribution in [2.75, 3.05) is 7.05 Å². The highest BCUT2D eigenvalue weighted by Gasteiger charge is 2.13. The van der Waals surface area contributed by atoms with E-state index in [0.29, 0.717) is 18.7 Å². The fourth-order valence-corrected chi connectivity index (χ4v) is 2.10. The SMILES string of the molecule is CN(Cc1ccncc1)Cc1cccc(/C(N)=N/O)c1F. The maximum Gasteiger partial charge on any atom is 0.173 e. The van der Waals surface area contributed by atoms with Gasteiger partial charge in [0.05, 0.1) is 5.56 Å². The summed E-state index contributed by atoms with van der Waals surface area (Å²) < 4.78 is 14.3. The van der Waals surface area contributed by atoms with Gasteiger partial charge in [-0.15, -0.1) is 0 Å². The summed E-state index contributed by atoms with van der Waals surface area (Å²) in [5.74, 6) is -0.694. The monoisotopic (exact) mass is 288 g/mol. The second-order valence-electron chi connectivity index (χ2n) is 4.79. The number of nitrogens with two attached hydrogens (primary N) is 1. The summed E-state index contributed by atoms with van der Waals surface area (Å²) in [5, 5.41) is 11.5. The lowest BCUT2D eigenvalue weighted by molar-refractivity contribution is 0.312. The number of oxime groups is 1. The second-order valence-corrected chi connectivity index (χ2v) is 4.79. The maximum absolute atomic E-state index is 14.3. The van der Waals surface area contributed by atoms with Crippen molar-refractivity contribution in [3.05, 3.63) is 65.2 Å². The molecule has 0 fully saturated rings. The van der Waals surface area contributed by atoms with Crippen molar-refractivity contribution in [3.63, 3.8) is 0 Å². The van der Waals surface area contributed by atoms with Crippen LogP contribution >= 0.6 is 0 Å². The summed E-state index contributed by atoms with van der Waals surface area (Å²) in [6, 6.07) is 8.69. The molecule has 0 atom stereocenters. The van der Waals surface area contributed by atoms with Crippen molar-refractivity contribution in [2.24, 2.45) is 10.9 Å². The fraction of sp³-hybridized carbons (Fsp3) is 0.200. The van der Waals surface area contributed by atoms with Crippen LogP contribution in [0.5, 0.6) is 0 Å². The second kappa shape index (κ2) is 6.81. The number of hydrogen-bond acceptors (Lipinski definition) is 4. The smallest absolute Gasteiger partial charge is 0.173 e. The number of aromatic nitrogens is 1. The highest BCUT2D eigenvalue weighted by molar-refractivity contribution is 5.97. The Bertz CT molecular complexity index is 631. The topological polar surface area (TPSA) is 74.7 Å². The van der Waals surface area contributed by atoms with E-state index in [1.807, 2.05) is 24.1 Å². The molecule has 0 bridgehead atoms. The lowest BCUT2D eigenvalue weighted by Crippen LogP contribution is -2.20. The molecule has 0 amide bonds. The standard InChI is InChI=1S/C15H17FN4O/c1-20(9-11-5-7-18-8-6-11)10-12-3-2-4-13(14(12)16)15(17)19-21/h2-8,21H,9-10H2,1H3,(H2,17,19). The normalized spacial score (nSPS) is 11.9. The summed E-state index contributed by atoms with van der Waals surface area (Å²) in [7, 11) is 1.90. The predicted octanol–water partition coefficient (Wildman–Crippen LogP) is 1.95. The van der Waals surface area contributed by atoms with Gasteiger partial charge in [0.2, 0.25) is 0 Å². The molecule has 0 saturated carbocycles. The van der Waals surface area contributed by atoms with Gasteiger partial charge in [-0.2, -0.15) is 0 Å². The zero-order valence-corrected chi connectivity index (χ0v) is 11.7. The molecule has 0 saturated heterocycles. The van der Waals surface area contributed by atoms with Crippen LogP contribution in [0.3, 0.4) is 0 Å². The molecular formula is C15H17FN4O. The van der Waals surface area contributed by atoms with Gasteiger partial charge >= 0.3 is 0 Å². The molecule has 0 aliphatic carbocycles. The van der Waals surface area contributed by atoms with Crippen LogP contribution in [0.4, 0.5) is 4.39 Å².